The normalized spacial score (nSPS) is 11.0. The number of hydrogen-bond donors (Lipinski definition) is 2. The molecule has 0 radical (unpaired) electrons. The molecule has 0 fully saturated rings. The van der Waals surface area contributed by atoms with Gasteiger partial charge in [-0.25, -0.2) is 9.37 Å². The van der Waals surface area contributed by atoms with E-state index in [1.54, 1.807) is 0 Å². The Labute approximate surface area is 147 Å². The molecule has 0 atom stereocenters. The summed E-state index contributed by atoms with van der Waals surface area (Å²) in [5.41, 5.74) is 3.01. The second kappa shape index (κ2) is 6.36. The van der Waals surface area contributed by atoms with Crippen molar-refractivity contribution in [2.45, 2.75) is 13.5 Å². The molecule has 2 aromatic carbocycles. The van der Waals surface area contributed by atoms with Crippen LogP contribution in [0.25, 0.3) is 22.4 Å². The van der Waals surface area contributed by atoms with Crippen LogP contribution < -0.4 is 5.32 Å². The van der Waals surface area contributed by atoms with Crippen molar-refractivity contribution in [2.75, 3.05) is 5.32 Å². The minimum atomic E-state index is -0.366. The number of nitrogens with one attached hydrogen (secondary N) is 2. The molecule has 1 amide bonds. The molecule has 26 heavy (non-hydrogen) atoms. The maximum atomic E-state index is 12.9. The highest BCUT2D eigenvalue weighted by molar-refractivity contribution is 5.90. The van der Waals surface area contributed by atoms with Gasteiger partial charge in [-0.15, -0.1) is 10.2 Å². The average molecular weight is 351 g/mol. The topological polar surface area (TPSA) is 101 Å². The number of rotatable bonds is 4. The molecule has 9 heteroatoms. The molecule has 0 bridgehead atoms. The van der Waals surface area contributed by atoms with Crippen LogP contribution in [-0.4, -0.2) is 36.1 Å². The third-order valence-corrected chi connectivity index (χ3v) is 3.72. The van der Waals surface area contributed by atoms with Gasteiger partial charge in [0.25, 0.3) is 0 Å². The summed E-state index contributed by atoms with van der Waals surface area (Å²) >= 11 is 0. The van der Waals surface area contributed by atoms with Gasteiger partial charge in [-0.2, -0.15) is 4.80 Å². The van der Waals surface area contributed by atoms with Gasteiger partial charge in [0, 0.05) is 11.3 Å². The first kappa shape index (κ1) is 15.9. The smallest absolute Gasteiger partial charge is 0.248 e. The van der Waals surface area contributed by atoms with Crippen molar-refractivity contribution in [1.29, 1.82) is 0 Å². The molecule has 0 aliphatic rings. The summed E-state index contributed by atoms with van der Waals surface area (Å²) in [6, 6.07) is 11.1. The Kier molecular flexibility index (Phi) is 3.88. The number of carbonyl (C=O) groups is 1. The van der Waals surface area contributed by atoms with Gasteiger partial charge in [-0.05, 0) is 54.6 Å². The Morgan fingerprint density at radius 1 is 1.23 bits per heavy atom. The molecule has 0 saturated heterocycles. The number of carbonyl (C=O) groups excluding carboxylic acids is 1. The van der Waals surface area contributed by atoms with Gasteiger partial charge in [0.1, 0.15) is 18.2 Å². The van der Waals surface area contributed by atoms with E-state index in [9.17, 15) is 9.18 Å². The Bertz CT molecular complexity index is 1080. The van der Waals surface area contributed by atoms with Crippen molar-refractivity contribution >= 4 is 22.6 Å². The van der Waals surface area contributed by atoms with Gasteiger partial charge in [0.2, 0.25) is 11.7 Å². The molecule has 4 aromatic rings. The van der Waals surface area contributed by atoms with E-state index < -0.39 is 0 Å². The summed E-state index contributed by atoms with van der Waals surface area (Å²) in [7, 11) is 0. The first-order valence-corrected chi connectivity index (χ1v) is 7.87. The van der Waals surface area contributed by atoms with Gasteiger partial charge in [0.05, 0.1) is 11.0 Å². The van der Waals surface area contributed by atoms with E-state index in [1.807, 2.05) is 25.1 Å². The molecule has 0 spiro atoms. The number of fused-ring (bicyclic) bond motifs is 1. The van der Waals surface area contributed by atoms with Gasteiger partial charge in [-0.1, -0.05) is 0 Å². The van der Waals surface area contributed by atoms with Crippen LogP contribution in [0.4, 0.5) is 10.1 Å². The number of aromatic nitrogens is 6. The number of aromatic amines is 1. The molecular formula is C17H14FN7O. The van der Waals surface area contributed by atoms with E-state index in [1.165, 1.54) is 29.1 Å². The van der Waals surface area contributed by atoms with Crippen LogP contribution in [-0.2, 0) is 11.3 Å². The fourth-order valence-corrected chi connectivity index (χ4v) is 2.56. The van der Waals surface area contributed by atoms with Crippen LogP contribution in [0.1, 0.15) is 5.82 Å². The third-order valence-electron chi connectivity index (χ3n) is 3.72. The fraction of sp³-hybridized carbons (Fsp3) is 0.118. The number of aryl methyl sites for hydroxylation is 1. The van der Waals surface area contributed by atoms with Crippen molar-refractivity contribution in [1.82, 2.24) is 30.2 Å². The molecule has 2 N–H and O–H groups in total. The van der Waals surface area contributed by atoms with Gasteiger partial charge in [0.15, 0.2) is 0 Å². The van der Waals surface area contributed by atoms with E-state index in [0.717, 1.165) is 22.4 Å². The number of imidazole rings is 1. The summed E-state index contributed by atoms with van der Waals surface area (Å²) in [6.45, 7) is 1.78. The molecule has 130 valence electrons. The Morgan fingerprint density at radius 3 is 2.85 bits per heavy atom. The zero-order valence-corrected chi connectivity index (χ0v) is 13.8. The predicted octanol–water partition coefficient (Wildman–Crippen LogP) is 2.30. The maximum absolute atomic E-state index is 12.9. The molecule has 2 heterocycles. The van der Waals surface area contributed by atoms with E-state index in [0.29, 0.717) is 11.5 Å². The Hall–Kier alpha value is -3.62. The van der Waals surface area contributed by atoms with Crippen molar-refractivity contribution in [2.24, 2.45) is 0 Å². The lowest BCUT2D eigenvalue weighted by Gasteiger charge is -2.03. The molecule has 0 saturated carbocycles. The van der Waals surface area contributed by atoms with Crippen LogP contribution in [0.2, 0.25) is 0 Å². The van der Waals surface area contributed by atoms with E-state index in [4.69, 9.17) is 0 Å². The van der Waals surface area contributed by atoms with Crippen molar-refractivity contribution in [3.05, 3.63) is 54.1 Å². The second-order valence-corrected chi connectivity index (χ2v) is 5.75. The highest BCUT2D eigenvalue weighted by atomic mass is 19.1. The first-order chi connectivity index (χ1) is 12.6. The largest absolute Gasteiger partial charge is 0.342 e. The number of halogens is 1. The molecule has 8 nitrogen and oxygen atoms in total. The Morgan fingerprint density at radius 2 is 2.04 bits per heavy atom. The van der Waals surface area contributed by atoms with Crippen molar-refractivity contribution in [3.8, 4) is 11.4 Å². The average Bonchev–Trinajstić information content (AvgIpc) is 3.21. The van der Waals surface area contributed by atoms with Crippen LogP contribution in [0.3, 0.4) is 0 Å². The van der Waals surface area contributed by atoms with Crippen LogP contribution in [0.15, 0.2) is 42.5 Å². The first-order valence-electron chi connectivity index (χ1n) is 7.87. The summed E-state index contributed by atoms with van der Waals surface area (Å²) in [5, 5.41) is 14.8. The molecule has 0 aliphatic carbocycles. The van der Waals surface area contributed by atoms with Crippen molar-refractivity contribution < 1.29 is 9.18 Å². The monoisotopic (exact) mass is 351 g/mol. The highest BCUT2D eigenvalue weighted by Crippen LogP contribution is 2.19. The maximum Gasteiger partial charge on any atom is 0.248 e. The minimum Gasteiger partial charge on any atom is -0.342 e. The highest BCUT2D eigenvalue weighted by Gasteiger charge is 2.11. The van der Waals surface area contributed by atoms with E-state index >= 15 is 0 Å². The number of anilines is 1. The number of amides is 1. The number of H-pyrrole nitrogens is 1. The quantitative estimate of drug-likeness (QED) is 0.587. The molecule has 4 rings (SSSR count). The lowest BCUT2D eigenvalue weighted by Crippen LogP contribution is -2.20. The molecular weight excluding hydrogens is 337 g/mol. The predicted molar refractivity (Wildman–Crippen MR) is 92.7 cm³/mol. The molecule has 2 aromatic heterocycles. The van der Waals surface area contributed by atoms with Crippen LogP contribution >= 0.6 is 0 Å². The summed E-state index contributed by atoms with van der Waals surface area (Å²) in [6.07, 6.45) is 0. The fourth-order valence-electron chi connectivity index (χ4n) is 2.56. The number of nitrogens with zero attached hydrogens (tertiary/aromatic N) is 5. The third kappa shape index (κ3) is 3.27. The van der Waals surface area contributed by atoms with Crippen LogP contribution in [0.5, 0.6) is 0 Å². The van der Waals surface area contributed by atoms with E-state index in [-0.39, 0.29) is 18.3 Å². The number of tetrazole rings is 1. The standard InChI is InChI=1S/C17H14FN7O/c1-10-19-14-7-2-11(8-15(14)20-10)17-22-24-25(23-17)9-16(26)21-13-5-3-12(18)4-6-13/h2-8H,9H2,1H3,(H,19,20)(H,21,26). The SMILES string of the molecule is Cc1nc2ccc(-c3nnn(CC(=O)Nc4ccc(F)cc4)n3)cc2[nH]1. The molecule has 0 aliphatic heterocycles. The summed E-state index contributed by atoms with van der Waals surface area (Å²) in [4.78, 5) is 20.7. The summed E-state index contributed by atoms with van der Waals surface area (Å²) in [5.74, 6) is 0.537. The number of hydrogen-bond acceptors (Lipinski definition) is 5. The summed E-state index contributed by atoms with van der Waals surface area (Å²) < 4.78 is 12.9. The van der Waals surface area contributed by atoms with Crippen LogP contribution in [0, 0.1) is 12.7 Å². The Balaban J connectivity index is 1.48. The van der Waals surface area contributed by atoms with Gasteiger partial charge in [-0.3, -0.25) is 4.79 Å². The van der Waals surface area contributed by atoms with Crippen molar-refractivity contribution in [3.63, 3.8) is 0 Å². The van der Waals surface area contributed by atoms with E-state index in [2.05, 4.69) is 30.7 Å². The zero-order chi connectivity index (χ0) is 18.1. The lowest BCUT2D eigenvalue weighted by molar-refractivity contribution is -0.117. The zero-order valence-electron chi connectivity index (χ0n) is 13.8. The lowest BCUT2D eigenvalue weighted by atomic mass is 10.2. The van der Waals surface area contributed by atoms with Gasteiger partial charge >= 0.3 is 0 Å². The molecule has 0 unspecified atom stereocenters. The number of benzene rings is 2. The second-order valence-electron chi connectivity index (χ2n) is 5.75. The minimum absolute atomic E-state index is 0.101. The van der Waals surface area contributed by atoms with Gasteiger partial charge < -0.3 is 10.3 Å².